The molecule has 3 atom stereocenters. The van der Waals surface area contributed by atoms with Gasteiger partial charge in [0.1, 0.15) is 6.61 Å². The first kappa shape index (κ1) is 23.8. The second kappa shape index (κ2) is 10.8. The fourth-order valence-corrected chi connectivity index (χ4v) is 5.99. The molecule has 182 valence electrons. The summed E-state index contributed by atoms with van der Waals surface area (Å²) in [6, 6.07) is 29.2. The van der Waals surface area contributed by atoms with Crippen LogP contribution in [-0.4, -0.2) is 55.1 Å². The Balaban J connectivity index is 1.35. The third-order valence-corrected chi connectivity index (χ3v) is 7.92. The Labute approximate surface area is 209 Å². The summed E-state index contributed by atoms with van der Waals surface area (Å²) in [4.78, 5) is 17.3. The molecular weight excluding hydrogens is 432 g/mol. The number of piperidine rings is 1. The summed E-state index contributed by atoms with van der Waals surface area (Å²) in [6.07, 6.45) is 2.08. The van der Waals surface area contributed by atoms with Crippen molar-refractivity contribution in [2.75, 3.05) is 33.4 Å². The molecule has 0 bridgehead atoms. The van der Waals surface area contributed by atoms with Crippen molar-refractivity contribution in [1.29, 1.82) is 0 Å². The molecule has 2 heterocycles. The van der Waals surface area contributed by atoms with Crippen molar-refractivity contribution in [2.24, 2.45) is 5.92 Å². The molecule has 1 amide bonds. The number of likely N-dealkylation sites (tertiary alicyclic amines) is 2. The second-order valence-electron chi connectivity index (χ2n) is 9.99. The summed E-state index contributed by atoms with van der Waals surface area (Å²) in [5.41, 5.74) is 6.64. The molecule has 35 heavy (non-hydrogen) atoms. The van der Waals surface area contributed by atoms with Crippen molar-refractivity contribution < 1.29 is 9.53 Å². The molecule has 2 fully saturated rings. The molecule has 0 spiro atoms. The maximum atomic E-state index is 12.6. The molecule has 3 aromatic carbocycles. The van der Waals surface area contributed by atoms with Gasteiger partial charge in [-0.25, -0.2) is 0 Å². The number of nitrogens with zero attached hydrogens (tertiary/aromatic N) is 2. The highest BCUT2D eigenvalue weighted by Crippen LogP contribution is 2.42. The molecule has 0 radical (unpaired) electrons. The lowest BCUT2D eigenvalue weighted by molar-refractivity contribution is -0.137. The Morgan fingerprint density at radius 2 is 1.57 bits per heavy atom. The van der Waals surface area contributed by atoms with Crippen LogP contribution >= 0.6 is 0 Å². The molecule has 3 aromatic rings. The predicted octanol–water partition coefficient (Wildman–Crippen LogP) is 5.38. The van der Waals surface area contributed by atoms with Crippen molar-refractivity contribution in [3.8, 4) is 11.1 Å². The number of hydrogen-bond donors (Lipinski definition) is 0. The van der Waals surface area contributed by atoms with Gasteiger partial charge in [0.25, 0.3) is 0 Å². The second-order valence-corrected chi connectivity index (χ2v) is 9.99. The zero-order chi connectivity index (χ0) is 24.2. The van der Waals surface area contributed by atoms with Crippen LogP contribution in [0.2, 0.25) is 0 Å². The van der Waals surface area contributed by atoms with Crippen LogP contribution in [-0.2, 0) is 22.5 Å². The molecule has 4 heteroatoms. The summed E-state index contributed by atoms with van der Waals surface area (Å²) in [5.74, 6) is 0.995. The number of fused-ring (bicyclic) bond motifs is 1. The van der Waals surface area contributed by atoms with E-state index in [-0.39, 0.29) is 12.5 Å². The monoisotopic (exact) mass is 468 g/mol. The lowest BCUT2D eigenvalue weighted by Crippen LogP contribution is -2.49. The van der Waals surface area contributed by atoms with E-state index >= 15 is 0 Å². The van der Waals surface area contributed by atoms with Gasteiger partial charge in [0.2, 0.25) is 5.91 Å². The molecule has 4 nitrogen and oxygen atoms in total. The van der Waals surface area contributed by atoms with Crippen LogP contribution in [0.1, 0.15) is 36.0 Å². The van der Waals surface area contributed by atoms with Gasteiger partial charge in [0, 0.05) is 51.2 Å². The Morgan fingerprint density at radius 3 is 2.26 bits per heavy atom. The first-order valence-corrected chi connectivity index (χ1v) is 12.9. The fraction of sp³-hybridized carbons (Fsp3) is 0.387. The molecule has 2 aliphatic rings. The van der Waals surface area contributed by atoms with E-state index in [1.54, 1.807) is 7.11 Å². The third-order valence-electron chi connectivity index (χ3n) is 7.92. The van der Waals surface area contributed by atoms with Gasteiger partial charge in [-0.15, -0.1) is 0 Å². The van der Waals surface area contributed by atoms with Crippen LogP contribution in [0.4, 0.5) is 0 Å². The summed E-state index contributed by atoms with van der Waals surface area (Å²) in [7, 11) is 1.60. The van der Waals surface area contributed by atoms with Crippen LogP contribution < -0.4 is 0 Å². The minimum Gasteiger partial charge on any atom is -0.375 e. The van der Waals surface area contributed by atoms with Gasteiger partial charge in [0.15, 0.2) is 0 Å². The Hall–Kier alpha value is -2.95. The van der Waals surface area contributed by atoms with Crippen molar-refractivity contribution in [3.05, 3.63) is 95.6 Å². The van der Waals surface area contributed by atoms with Crippen molar-refractivity contribution in [3.63, 3.8) is 0 Å². The molecule has 0 saturated carbocycles. The highest BCUT2D eigenvalue weighted by atomic mass is 16.5. The molecular formula is C31H36N2O2. The van der Waals surface area contributed by atoms with Crippen LogP contribution in [0.15, 0.2) is 78.9 Å². The van der Waals surface area contributed by atoms with E-state index in [0.29, 0.717) is 17.9 Å². The number of carbonyl (C=O) groups is 1. The number of methoxy groups -OCH3 is 1. The third kappa shape index (κ3) is 5.19. The maximum Gasteiger partial charge on any atom is 0.248 e. The van der Waals surface area contributed by atoms with Crippen LogP contribution in [0.3, 0.4) is 0 Å². The van der Waals surface area contributed by atoms with Gasteiger partial charge in [-0.3, -0.25) is 9.69 Å². The number of ether oxygens (including phenoxy) is 1. The standard InChI is InChI=1S/C31H36N2O2/c1-3-23-9-15-27(16-10-23)28-20-33(30-17-18-32(21-29(28)30)31(34)22-35-2)19-24-11-13-26(14-12-24)25-7-5-4-6-8-25/h4-16,28-30H,3,17-22H2,1-2H3/t28-,29-,30-/m1/s1. The average molecular weight is 469 g/mol. The molecule has 0 N–H and O–H groups in total. The smallest absolute Gasteiger partial charge is 0.248 e. The molecule has 2 saturated heterocycles. The minimum absolute atomic E-state index is 0.112. The molecule has 0 aromatic heterocycles. The number of aryl methyl sites for hydroxylation is 1. The van der Waals surface area contributed by atoms with Gasteiger partial charge in [-0.05, 0) is 40.7 Å². The van der Waals surface area contributed by atoms with Crippen LogP contribution in [0.5, 0.6) is 0 Å². The lowest BCUT2D eigenvalue weighted by atomic mass is 9.81. The number of hydrogen-bond acceptors (Lipinski definition) is 3. The highest BCUT2D eigenvalue weighted by Gasteiger charge is 2.45. The van der Waals surface area contributed by atoms with E-state index in [9.17, 15) is 4.79 Å². The van der Waals surface area contributed by atoms with Gasteiger partial charge >= 0.3 is 0 Å². The van der Waals surface area contributed by atoms with E-state index < -0.39 is 0 Å². The van der Waals surface area contributed by atoms with Crippen LogP contribution in [0.25, 0.3) is 11.1 Å². The first-order chi connectivity index (χ1) is 17.2. The molecule has 0 aliphatic carbocycles. The number of rotatable bonds is 7. The number of amides is 1. The van der Waals surface area contributed by atoms with Gasteiger partial charge in [-0.2, -0.15) is 0 Å². The first-order valence-electron chi connectivity index (χ1n) is 12.9. The summed E-state index contributed by atoms with van der Waals surface area (Å²) in [6.45, 7) is 5.99. The maximum absolute atomic E-state index is 12.6. The van der Waals surface area contributed by atoms with Gasteiger partial charge in [-0.1, -0.05) is 85.8 Å². The van der Waals surface area contributed by atoms with E-state index in [2.05, 4.69) is 90.7 Å². The van der Waals surface area contributed by atoms with Gasteiger partial charge in [0.05, 0.1) is 0 Å². The van der Waals surface area contributed by atoms with E-state index in [0.717, 1.165) is 39.0 Å². The molecule has 0 unspecified atom stereocenters. The zero-order valence-corrected chi connectivity index (χ0v) is 20.9. The predicted molar refractivity (Wildman–Crippen MR) is 141 cm³/mol. The van der Waals surface area contributed by atoms with Crippen LogP contribution in [0, 0.1) is 5.92 Å². The minimum atomic E-state index is 0.112. The lowest BCUT2D eigenvalue weighted by Gasteiger charge is -2.39. The van der Waals surface area contributed by atoms with Crippen molar-refractivity contribution >= 4 is 5.91 Å². The Bertz CT molecular complexity index is 1110. The van der Waals surface area contributed by atoms with E-state index in [1.165, 1.54) is 27.8 Å². The molecule has 5 rings (SSSR count). The normalized spacial score (nSPS) is 22.2. The quantitative estimate of drug-likeness (QED) is 0.467. The molecule has 2 aliphatic heterocycles. The highest BCUT2D eigenvalue weighted by molar-refractivity contribution is 5.77. The zero-order valence-electron chi connectivity index (χ0n) is 20.9. The number of carbonyl (C=O) groups excluding carboxylic acids is 1. The number of benzene rings is 3. The van der Waals surface area contributed by atoms with Gasteiger partial charge < -0.3 is 9.64 Å². The summed E-state index contributed by atoms with van der Waals surface area (Å²) < 4.78 is 5.15. The van der Waals surface area contributed by atoms with Crippen molar-refractivity contribution in [1.82, 2.24) is 9.80 Å². The van der Waals surface area contributed by atoms with E-state index in [1.807, 2.05) is 4.90 Å². The topological polar surface area (TPSA) is 32.8 Å². The largest absolute Gasteiger partial charge is 0.375 e. The van der Waals surface area contributed by atoms with Crippen molar-refractivity contribution in [2.45, 2.75) is 38.3 Å². The fourth-order valence-electron chi connectivity index (χ4n) is 5.99. The Morgan fingerprint density at radius 1 is 0.886 bits per heavy atom. The SMILES string of the molecule is CCc1ccc([C@H]2CN(Cc3ccc(-c4ccccc4)cc3)[C@@H]3CCN(C(=O)COC)C[C@H]23)cc1. The van der Waals surface area contributed by atoms with E-state index in [4.69, 9.17) is 4.74 Å². The summed E-state index contributed by atoms with van der Waals surface area (Å²) in [5, 5.41) is 0. The Kier molecular flexibility index (Phi) is 7.31. The summed E-state index contributed by atoms with van der Waals surface area (Å²) >= 11 is 0. The average Bonchev–Trinajstić information content (AvgIpc) is 3.27.